The van der Waals surface area contributed by atoms with Crippen molar-refractivity contribution in [1.82, 2.24) is 0 Å². The molecule has 0 aromatic heterocycles. The molecule has 7 heteroatoms. The fourth-order valence-corrected chi connectivity index (χ4v) is 4.09. The summed E-state index contributed by atoms with van der Waals surface area (Å²) >= 11 is 5.97. The molecule has 3 aromatic carbocycles. The van der Waals surface area contributed by atoms with Gasteiger partial charge in [-0.05, 0) is 55.0 Å². The Bertz CT molecular complexity index is 1130. The molecule has 3 rings (SSSR count). The van der Waals surface area contributed by atoms with Crippen molar-refractivity contribution in [3.05, 3.63) is 88.9 Å². The van der Waals surface area contributed by atoms with Crippen molar-refractivity contribution in [2.75, 3.05) is 16.7 Å². The van der Waals surface area contributed by atoms with Gasteiger partial charge in [-0.25, -0.2) is 8.42 Å². The van der Waals surface area contributed by atoms with Gasteiger partial charge in [0.25, 0.3) is 15.9 Å². The van der Waals surface area contributed by atoms with E-state index >= 15 is 0 Å². The van der Waals surface area contributed by atoms with Crippen molar-refractivity contribution in [3.63, 3.8) is 0 Å². The van der Waals surface area contributed by atoms with Crippen LogP contribution in [0.25, 0.3) is 0 Å². The first-order valence-corrected chi connectivity index (χ1v) is 10.3. The first-order valence-electron chi connectivity index (χ1n) is 8.50. The van der Waals surface area contributed by atoms with Crippen molar-refractivity contribution >= 4 is 38.9 Å². The van der Waals surface area contributed by atoms with Crippen molar-refractivity contribution in [2.45, 2.75) is 11.8 Å². The Morgan fingerprint density at radius 3 is 2.39 bits per heavy atom. The Morgan fingerprint density at radius 2 is 1.68 bits per heavy atom. The average Bonchev–Trinajstić information content (AvgIpc) is 2.69. The maximum absolute atomic E-state index is 13.0. The van der Waals surface area contributed by atoms with Gasteiger partial charge in [0.05, 0.1) is 10.6 Å². The summed E-state index contributed by atoms with van der Waals surface area (Å²) in [6.07, 6.45) is 0. The standard InChI is InChI=1S/C21H19ClN2O3S/c1-15-7-3-4-12-20(15)23-21(25)16-8-5-11-19(13-16)28(26,27)24(2)18-10-6-9-17(22)14-18/h3-14H,1-2H3,(H,23,25). The van der Waals surface area contributed by atoms with E-state index in [1.807, 2.05) is 25.1 Å². The van der Waals surface area contributed by atoms with Crippen LogP contribution in [-0.2, 0) is 10.0 Å². The average molecular weight is 415 g/mol. The van der Waals surface area contributed by atoms with E-state index in [9.17, 15) is 13.2 Å². The molecule has 0 atom stereocenters. The summed E-state index contributed by atoms with van der Waals surface area (Å²) in [5.41, 5.74) is 2.28. The maximum atomic E-state index is 13.0. The number of nitrogens with zero attached hydrogens (tertiary/aromatic N) is 1. The van der Waals surface area contributed by atoms with E-state index in [0.717, 1.165) is 9.87 Å². The minimum Gasteiger partial charge on any atom is -0.322 e. The van der Waals surface area contributed by atoms with E-state index in [0.29, 0.717) is 16.4 Å². The molecule has 144 valence electrons. The molecule has 0 saturated carbocycles. The minimum atomic E-state index is -3.85. The second-order valence-electron chi connectivity index (χ2n) is 6.25. The van der Waals surface area contributed by atoms with E-state index < -0.39 is 10.0 Å². The van der Waals surface area contributed by atoms with Crippen molar-refractivity contribution in [2.24, 2.45) is 0 Å². The summed E-state index contributed by atoms with van der Waals surface area (Å²) in [5, 5.41) is 3.24. The third-order valence-electron chi connectivity index (χ3n) is 4.32. The van der Waals surface area contributed by atoms with E-state index in [-0.39, 0.29) is 16.4 Å². The zero-order chi connectivity index (χ0) is 20.3. The lowest BCUT2D eigenvalue weighted by Crippen LogP contribution is -2.26. The van der Waals surface area contributed by atoms with Crippen molar-refractivity contribution < 1.29 is 13.2 Å². The summed E-state index contributed by atoms with van der Waals surface area (Å²) in [4.78, 5) is 12.6. The molecule has 1 amide bonds. The summed E-state index contributed by atoms with van der Waals surface area (Å²) in [6, 6.07) is 19.9. The van der Waals surface area contributed by atoms with Crippen LogP contribution in [0.3, 0.4) is 0 Å². The highest BCUT2D eigenvalue weighted by Crippen LogP contribution is 2.25. The van der Waals surface area contributed by atoms with Crippen LogP contribution in [-0.4, -0.2) is 21.4 Å². The summed E-state index contributed by atoms with van der Waals surface area (Å²) in [6.45, 7) is 1.89. The first-order chi connectivity index (χ1) is 13.3. The van der Waals surface area contributed by atoms with Gasteiger partial charge in [-0.1, -0.05) is 41.9 Å². The molecule has 0 unspecified atom stereocenters. The Balaban J connectivity index is 1.89. The monoisotopic (exact) mass is 414 g/mol. The number of benzene rings is 3. The highest BCUT2D eigenvalue weighted by Gasteiger charge is 2.22. The van der Waals surface area contributed by atoms with E-state index in [4.69, 9.17) is 11.6 Å². The number of halogens is 1. The lowest BCUT2D eigenvalue weighted by atomic mass is 10.1. The smallest absolute Gasteiger partial charge is 0.264 e. The molecule has 0 aliphatic rings. The van der Waals surface area contributed by atoms with Gasteiger partial charge in [0, 0.05) is 23.3 Å². The second kappa shape index (κ2) is 8.04. The van der Waals surface area contributed by atoms with Gasteiger partial charge in [-0.2, -0.15) is 0 Å². The van der Waals surface area contributed by atoms with Gasteiger partial charge < -0.3 is 5.32 Å². The summed E-state index contributed by atoms with van der Waals surface area (Å²) in [7, 11) is -2.41. The Kier molecular flexibility index (Phi) is 5.72. The lowest BCUT2D eigenvalue weighted by Gasteiger charge is -2.20. The topological polar surface area (TPSA) is 66.5 Å². The van der Waals surface area contributed by atoms with Crippen molar-refractivity contribution in [3.8, 4) is 0 Å². The molecular formula is C21H19ClN2O3S. The number of nitrogens with one attached hydrogen (secondary N) is 1. The lowest BCUT2D eigenvalue weighted by molar-refractivity contribution is 0.102. The van der Waals surface area contributed by atoms with Crippen LogP contribution in [0.1, 0.15) is 15.9 Å². The molecule has 0 fully saturated rings. The summed E-state index contributed by atoms with van der Waals surface area (Å²) in [5.74, 6) is -0.378. The number of rotatable bonds is 5. The van der Waals surface area contributed by atoms with Gasteiger partial charge in [-0.3, -0.25) is 9.10 Å². The molecule has 0 spiro atoms. The number of hydrogen-bond acceptors (Lipinski definition) is 3. The van der Waals surface area contributed by atoms with Crippen LogP contribution >= 0.6 is 11.6 Å². The second-order valence-corrected chi connectivity index (χ2v) is 8.65. The Hall–Kier alpha value is -2.83. The van der Waals surface area contributed by atoms with Crippen LogP contribution in [0.2, 0.25) is 5.02 Å². The number of carbonyl (C=O) groups excluding carboxylic acids is 1. The van der Waals surface area contributed by atoms with Crippen LogP contribution in [0, 0.1) is 6.92 Å². The number of para-hydroxylation sites is 1. The largest absolute Gasteiger partial charge is 0.322 e. The van der Waals surface area contributed by atoms with Crippen molar-refractivity contribution in [1.29, 1.82) is 0 Å². The number of aryl methyl sites for hydroxylation is 1. The molecule has 5 nitrogen and oxygen atoms in total. The Morgan fingerprint density at radius 1 is 0.964 bits per heavy atom. The number of anilines is 2. The zero-order valence-corrected chi connectivity index (χ0v) is 17.0. The number of amides is 1. The van der Waals surface area contributed by atoms with Crippen LogP contribution in [0.5, 0.6) is 0 Å². The quantitative estimate of drug-likeness (QED) is 0.656. The molecule has 0 aliphatic heterocycles. The molecule has 0 bridgehead atoms. The summed E-state index contributed by atoms with van der Waals surface area (Å²) < 4.78 is 27.1. The van der Waals surface area contributed by atoms with Gasteiger partial charge in [0.1, 0.15) is 0 Å². The van der Waals surface area contributed by atoms with E-state index in [1.165, 1.54) is 19.2 Å². The normalized spacial score (nSPS) is 11.1. The predicted molar refractivity (Wildman–Crippen MR) is 113 cm³/mol. The number of sulfonamides is 1. The fourth-order valence-electron chi connectivity index (χ4n) is 2.67. The first kappa shape index (κ1) is 19.9. The SMILES string of the molecule is Cc1ccccc1NC(=O)c1cccc(S(=O)(=O)N(C)c2cccc(Cl)c2)c1. The molecule has 1 N–H and O–H groups in total. The molecule has 28 heavy (non-hydrogen) atoms. The van der Waals surface area contributed by atoms with Gasteiger partial charge in [0.2, 0.25) is 0 Å². The highest BCUT2D eigenvalue weighted by atomic mass is 35.5. The highest BCUT2D eigenvalue weighted by molar-refractivity contribution is 7.92. The molecule has 0 heterocycles. The van der Waals surface area contributed by atoms with Gasteiger partial charge in [-0.15, -0.1) is 0 Å². The molecule has 3 aromatic rings. The zero-order valence-electron chi connectivity index (χ0n) is 15.4. The minimum absolute atomic E-state index is 0.0207. The maximum Gasteiger partial charge on any atom is 0.264 e. The fraction of sp³-hybridized carbons (Fsp3) is 0.0952. The number of hydrogen-bond donors (Lipinski definition) is 1. The van der Waals surface area contributed by atoms with Crippen LogP contribution in [0.4, 0.5) is 11.4 Å². The van der Waals surface area contributed by atoms with Gasteiger partial charge >= 0.3 is 0 Å². The van der Waals surface area contributed by atoms with E-state index in [2.05, 4.69) is 5.32 Å². The van der Waals surface area contributed by atoms with E-state index in [1.54, 1.807) is 42.5 Å². The van der Waals surface area contributed by atoms with Gasteiger partial charge in [0.15, 0.2) is 0 Å². The molecule has 0 aliphatic carbocycles. The third-order valence-corrected chi connectivity index (χ3v) is 6.34. The molecule has 0 radical (unpaired) electrons. The van der Waals surface area contributed by atoms with Crippen LogP contribution < -0.4 is 9.62 Å². The predicted octanol–water partition coefficient (Wildman–Crippen LogP) is 4.73. The Labute approximate surface area is 169 Å². The number of carbonyl (C=O) groups is 1. The third kappa shape index (κ3) is 4.18. The molecular weight excluding hydrogens is 396 g/mol. The molecule has 0 saturated heterocycles. The van der Waals surface area contributed by atoms with Crippen LogP contribution in [0.15, 0.2) is 77.7 Å².